The Bertz CT molecular complexity index is 731. The molecule has 2 aromatic rings. The molecule has 0 saturated carbocycles. The Morgan fingerprint density at radius 1 is 1.38 bits per heavy atom. The molecule has 4 N–H and O–H groups in total. The van der Waals surface area contributed by atoms with Crippen LogP contribution < -0.4 is 16.0 Å². The number of nitrogens with zero attached hydrogens (tertiary/aromatic N) is 2. The van der Waals surface area contributed by atoms with Crippen molar-refractivity contribution in [1.29, 1.82) is 0 Å². The molecule has 7 nitrogen and oxygen atoms in total. The zero-order chi connectivity index (χ0) is 15.7. The van der Waals surface area contributed by atoms with Crippen molar-refractivity contribution in [3.05, 3.63) is 33.3 Å². The average molecular weight is 392 g/mol. The summed E-state index contributed by atoms with van der Waals surface area (Å²) in [6, 6.07) is 1.43. The summed E-state index contributed by atoms with van der Waals surface area (Å²) in [7, 11) is -3.83. The number of rotatable bonds is 5. The summed E-state index contributed by atoms with van der Waals surface area (Å²) in [5, 5.41) is 2.45. The predicted molar refractivity (Wildman–Crippen MR) is 85.2 cm³/mol. The number of sulfonamides is 1. The molecule has 0 aliphatic carbocycles. The second-order valence-corrected chi connectivity index (χ2v) is 8.17. The molecule has 2 rings (SSSR count). The first-order chi connectivity index (χ1) is 9.76. The van der Waals surface area contributed by atoms with Crippen LogP contribution in [0.5, 0.6) is 0 Å². The maximum Gasteiger partial charge on any atom is 0.245 e. The maximum absolute atomic E-state index is 12.6. The Morgan fingerprint density at radius 3 is 2.67 bits per heavy atom. The summed E-state index contributed by atoms with van der Waals surface area (Å²) in [6.07, 6.45) is 3.09. The van der Waals surface area contributed by atoms with Crippen LogP contribution in [0.1, 0.15) is 18.9 Å². The lowest BCUT2D eigenvalue weighted by molar-refractivity contribution is 0.470. The third-order valence-corrected chi connectivity index (χ3v) is 5.80. The van der Waals surface area contributed by atoms with Crippen molar-refractivity contribution in [3.63, 3.8) is 0 Å². The van der Waals surface area contributed by atoms with E-state index >= 15 is 0 Å². The highest BCUT2D eigenvalue weighted by molar-refractivity contribution is 9.10. The topological polar surface area (TPSA) is 110 Å². The standard InChI is InChI=1S/C11H14BrN5O2S2/c1-11(2,10-14-3-4-20-10)17-21(18,19)8-5-7(12)6-15-9(8)16-13/h3-6,17H,13H2,1-2H3,(H,15,16). The molecular formula is C11H14BrN5O2S2. The highest BCUT2D eigenvalue weighted by Crippen LogP contribution is 2.27. The molecule has 21 heavy (non-hydrogen) atoms. The fourth-order valence-electron chi connectivity index (χ4n) is 1.70. The van der Waals surface area contributed by atoms with Crippen molar-refractivity contribution in [2.45, 2.75) is 24.3 Å². The Kier molecular flexibility index (Phi) is 4.63. The number of aromatic nitrogens is 2. The summed E-state index contributed by atoms with van der Waals surface area (Å²) < 4.78 is 28.3. The largest absolute Gasteiger partial charge is 0.307 e. The van der Waals surface area contributed by atoms with Gasteiger partial charge in [-0.3, -0.25) is 0 Å². The zero-order valence-electron chi connectivity index (χ0n) is 11.3. The molecule has 10 heteroatoms. The van der Waals surface area contributed by atoms with E-state index in [1.54, 1.807) is 25.4 Å². The number of hydrogen-bond donors (Lipinski definition) is 3. The van der Waals surface area contributed by atoms with Gasteiger partial charge in [0.15, 0.2) is 5.82 Å². The van der Waals surface area contributed by atoms with Crippen LogP contribution in [0.2, 0.25) is 0 Å². The number of nitrogen functional groups attached to an aromatic ring is 1. The maximum atomic E-state index is 12.6. The molecule has 2 aromatic heterocycles. The molecule has 2 heterocycles. The van der Waals surface area contributed by atoms with Crippen molar-refractivity contribution in [2.75, 3.05) is 5.43 Å². The molecule has 0 saturated heterocycles. The zero-order valence-corrected chi connectivity index (χ0v) is 14.5. The van der Waals surface area contributed by atoms with Gasteiger partial charge in [-0.15, -0.1) is 11.3 Å². The third kappa shape index (κ3) is 3.58. The first-order valence-corrected chi connectivity index (χ1v) is 8.98. The van der Waals surface area contributed by atoms with Gasteiger partial charge < -0.3 is 5.43 Å². The summed E-state index contributed by atoms with van der Waals surface area (Å²) in [5.74, 6) is 5.40. The fraction of sp³-hybridized carbons (Fsp3) is 0.273. The van der Waals surface area contributed by atoms with Gasteiger partial charge in [0.05, 0.1) is 5.54 Å². The minimum Gasteiger partial charge on any atom is -0.307 e. The minimum atomic E-state index is -3.83. The predicted octanol–water partition coefficient (Wildman–Crippen LogP) is 1.80. The van der Waals surface area contributed by atoms with E-state index in [1.807, 2.05) is 0 Å². The van der Waals surface area contributed by atoms with Crippen LogP contribution in [-0.4, -0.2) is 18.4 Å². The van der Waals surface area contributed by atoms with Gasteiger partial charge in [0.25, 0.3) is 0 Å². The van der Waals surface area contributed by atoms with Crippen LogP contribution >= 0.6 is 27.3 Å². The van der Waals surface area contributed by atoms with Crippen LogP contribution in [0.25, 0.3) is 0 Å². The molecule has 0 unspecified atom stereocenters. The van der Waals surface area contributed by atoms with Gasteiger partial charge in [-0.05, 0) is 35.8 Å². The van der Waals surface area contributed by atoms with Crippen molar-refractivity contribution in [2.24, 2.45) is 5.84 Å². The van der Waals surface area contributed by atoms with E-state index in [1.165, 1.54) is 23.6 Å². The van der Waals surface area contributed by atoms with Gasteiger partial charge in [-0.2, -0.15) is 4.72 Å². The number of hydrogen-bond acceptors (Lipinski definition) is 7. The second kappa shape index (κ2) is 5.97. The lowest BCUT2D eigenvalue weighted by atomic mass is 10.1. The molecular weight excluding hydrogens is 378 g/mol. The molecule has 0 radical (unpaired) electrons. The number of pyridine rings is 1. The Labute approximate surface area is 135 Å². The third-order valence-electron chi connectivity index (χ3n) is 2.60. The fourth-order valence-corrected chi connectivity index (χ4v) is 4.49. The highest BCUT2D eigenvalue weighted by atomic mass is 79.9. The summed E-state index contributed by atoms with van der Waals surface area (Å²) in [6.45, 7) is 3.48. The van der Waals surface area contributed by atoms with E-state index in [4.69, 9.17) is 5.84 Å². The summed E-state index contributed by atoms with van der Waals surface area (Å²) in [5.41, 5.74) is 1.44. The number of anilines is 1. The average Bonchev–Trinajstić information content (AvgIpc) is 2.92. The van der Waals surface area contributed by atoms with E-state index in [2.05, 4.69) is 36.0 Å². The van der Waals surface area contributed by atoms with Crippen LogP contribution in [0.3, 0.4) is 0 Å². The highest BCUT2D eigenvalue weighted by Gasteiger charge is 2.31. The van der Waals surface area contributed by atoms with Crippen molar-refractivity contribution >= 4 is 43.1 Å². The monoisotopic (exact) mass is 391 g/mol. The number of thiazole rings is 1. The van der Waals surface area contributed by atoms with E-state index in [0.717, 1.165) is 0 Å². The van der Waals surface area contributed by atoms with Gasteiger partial charge in [-0.1, -0.05) is 0 Å². The number of hydrazine groups is 1. The molecule has 0 aromatic carbocycles. The van der Waals surface area contributed by atoms with E-state index in [0.29, 0.717) is 9.48 Å². The van der Waals surface area contributed by atoms with Gasteiger partial charge in [0, 0.05) is 22.2 Å². The van der Waals surface area contributed by atoms with E-state index < -0.39 is 15.6 Å². The van der Waals surface area contributed by atoms with Gasteiger partial charge in [0.1, 0.15) is 9.90 Å². The first-order valence-electron chi connectivity index (χ1n) is 5.82. The molecule has 0 amide bonds. The molecule has 0 atom stereocenters. The number of nitrogens with one attached hydrogen (secondary N) is 2. The molecule has 0 fully saturated rings. The van der Waals surface area contributed by atoms with Crippen molar-refractivity contribution < 1.29 is 8.42 Å². The molecule has 114 valence electrons. The quantitative estimate of drug-likeness (QED) is 0.529. The molecule has 0 bridgehead atoms. The normalized spacial score (nSPS) is 12.4. The molecule has 0 aliphatic rings. The van der Waals surface area contributed by atoms with Crippen LogP contribution in [0.15, 0.2) is 33.2 Å². The Balaban J connectivity index is 2.42. The van der Waals surface area contributed by atoms with Crippen molar-refractivity contribution in [1.82, 2.24) is 14.7 Å². The van der Waals surface area contributed by atoms with Gasteiger partial charge >= 0.3 is 0 Å². The lowest BCUT2D eigenvalue weighted by Gasteiger charge is -2.24. The Morgan fingerprint density at radius 2 is 2.10 bits per heavy atom. The smallest absolute Gasteiger partial charge is 0.245 e. The SMILES string of the molecule is CC(C)(NS(=O)(=O)c1cc(Br)cnc1NN)c1nccs1. The second-order valence-electron chi connectivity index (χ2n) is 4.71. The number of halogens is 1. The van der Waals surface area contributed by atoms with Crippen LogP contribution in [0, 0.1) is 0 Å². The number of nitrogens with two attached hydrogens (primary N) is 1. The summed E-state index contributed by atoms with van der Waals surface area (Å²) >= 11 is 4.58. The first kappa shape index (κ1) is 16.3. The van der Waals surface area contributed by atoms with E-state index in [9.17, 15) is 8.42 Å². The summed E-state index contributed by atoms with van der Waals surface area (Å²) in [4.78, 5) is 8.05. The van der Waals surface area contributed by atoms with Crippen molar-refractivity contribution in [3.8, 4) is 0 Å². The van der Waals surface area contributed by atoms with Gasteiger partial charge in [0.2, 0.25) is 10.0 Å². The molecule has 0 spiro atoms. The van der Waals surface area contributed by atoms with E-state index in [-0.39, 0.29) is 10.7 Å². The van der Waals surface area contributed by atoms with Crippen LogP contribution in [0.4, 0.5) is 5.82 Å². The Hall–Kier alpha value is -1.07. The molecule has 0 aliphatic heterocycles. The minimum absolute atomic E-state index is 0.0380. The van der Waals surface area contributed by atoms with Crippen LogP contribution in [-0.2, 0) is 15.6 Å². The van der Waals surface area contributed by atoms with Gasteiger partial charge in [-0.25, -0.2) is 24.2 Å². The lowest BCUT2D eigenvalue weighted by Crippen LogP contribution is -2.41.